The lowest BCUT2D eigenvalue weighted by molar-refractivity contribution is -0.662. The maximum atomic E-state index is 6.54. The average molecular weight is 367 g/mol. The van der Waals surface area contributed by atoms with Crippen LogP contribution in [0.3, 0.4) is 0 Å². The van der Waals surface area contributed by atoms with Gasteiger partial charge in [0.1, 0.15) is 16.9 Å². The minimum absolute atomic E-state index is 0.642. The van der Waals surface area contributed by atoms with Crippen molar-refractivity contribution < 1.29 is 9.30 Å². The lowest BCUT2D eigenvalue weighted by Gasteiger charge is -2.23. The fourth-order valence-corrected chi connectivity index (χ4v) is 5.21. The van der Waals surface area contributed by atoms with E-state index in [0.717, 1.165) is 22.4 Å². The van der Waals surface area contributed by atoms with Gasteiger partial charge < -0.3 is 4.74 Å². The molecule has 0 radical (unpaired) electrons. The van der Waals surface area contributed by atoms with E-state index >= 15 is 0 Å². The Morgan fingerprint density at radius 3 is 2.71 bits per heavy atom. The Hall–Kier alpha value is -2.94. The molecule has 0 amide bonds. The molecule has 0 unspecified atom stereocenters. The van der Waals surface area contributed by atoms with Gasteiger partial charge in [0.05, 0.1) is 12.6 Å². The molecule has 2 aliphatic rings. The number of benzene rings is 3. The van der Waals surface area contributed by atoms with E-state index in [9.17, 15) is 0 Å². The highest BCUT2D eigenvalue weighted by Gasteiger charge is 2.31. The molecule has 1 saturated carbocycles. The summed E-state index contributed by atoms with van der Waals surface area (Å²) in [6, 6.07) is 15.3. The van der Waals surface area contributed by atoms with E-state index in [-0.39, 0.29) is 0 Å². The Balaban J connectivity index is 1.69. The summed E-state index contributed by atoms with van der Waals surface area (Å²) in [6.45, 7) is 2.20. The minimum atomic E-state index is 0.642. The molecular weight excluding hydrogens is 344 g/mol. The van der Waals surface area contributed by atoms with Crippen molar-refractivity contribution in [2.45, 2.75) is 38.5 Å². The normalized spacial score (nSPS) is 15.8. The molecule has 1 aliphatic carbocycles. The second kappa shape index (κ2) is 5.78. The van der Waals surface area contributed by atoms with Gasteiger partial charge in [0.2, 0.25) is 0 Å². The van der Waals surface area contributed by atoms with Crippen LogP contribution in [0.2, 0.25) is 0 Å². The molecule has 3 heteroatoms. The summed E-state index contributed by atoms with van der Waals surface area (Å²) >= 11 is 0. The molecule has 28 heavy (non-hydrogen) atoms. The molecule has 1 fully saturated rings. The number of nitrogens with zero attached hydrogens (tertiary/aromatic N) is 2. The van der Waals surface area contributed by atoms with Crippen LogP contribution in [0.1, 0.15) is 42.7 Å². The molecule has 138 valence electrons. The number of hydrogen-bond acceptors (Lipinski definition) is 2. The lowest BCUT2D eigenvalue weighted by Crippen LogP contribution is -2.32. The third-order valence-electron chi connectivity index (χ3n) is 6.62. The van der Waals surface area contributed by atoms with Crippen LogP contribution in [-0.4, -0.2) is 4.98 Å². The van der Waals surface area contributed by atoms with Crippen LogP contribution in [0.25, 0.3) is 32.9 Å². The number of aromatic nitrogens is 2. The maximum absolute atomic E-state index is 6.54. The zero-order valence-corrected chi connectivity index (χ0v) is 16.3. The van der Waals surface area contributed by atoms with Crippen molar-refractivity contribution in [3.05, 3.63) is 59.9 Å². The second-order valence-corrected chi connectivity index (χ2v) is 8.30. The molecule has 0 saturated heterocycles. The van der Waals surface area contributed by atoms with Gasteiger partial charge in [-0.1, -0.05) is 37.1 Å². The van der Waals surface area contributed by atoms with E-state index in [1.54, 1.807) is 0 Å². The summed E-state index contributed by atoms with van der Waals surface area (Å²) in [5.41, 5.74) is 6.10. The maximum Gasteiger partial charge on any atom is 0.287 e. The van der Waals surface area contributed by atoms with E-state index in [1.165, 1.54) is 58.8 Å². The van der Waals surface area contributed by atoms with Crippen molar-refractivity contribution >= 4 is 21.7 Å². The molecule has 0 atom stereocenters. The van der Waals surface area contributed by atoms with Gasteiger partial charge in [0.15, 0.2) is 11.2 Å². The Morgan fingerprint density at radius 2 is 1.86 bits per heavy atom. The predicted molar refractivity (Wildman–Crippen MR) is 112 cm³/mol. The van der Waals surface area contributed by atoms with Gasteiger partial charge >= 0.3 is 0 Å². The monoisotopic (exact) mass is 367 g/mol. The van der Waals surface area contributed by atoms with Gasteiger partial charge in [-0.3, -0.25) is 0 Å². The molecule has 3 nitrogen and oxygen atoms in total. The van der Waals surface area contributed by atoms with Crippen molar-refractivity contribution in [3.8, 4) is 22.8 Å². The number of fused-ring (bicyclic) bond motifs is 3. The van der Waals surface area contributed by atoms with Crippen LogP contribution >= 0.6 is 0 Å². The van der Waals surface area contributed by atoms with E-state index in [0.29, 0.717) is 5.92 Å². The third kappa shape index (κ3) is 2.16. The Kier molecular flexibility index (Phi) is 3.31. The molecule has 3 aromatic carbocycles. The quantitative estimate of drug-likeness (QED) is 0.342. The number of aryl methyl sites for hydroxylation is 2. The highest BCUT2D eigenvalue weighted by atomic mass is 16.5. The van der Waals surface area contributed by atoms with Gasteiger partial charge in [-0.25, -0.2) is 4.57 Å². The van der Waals surface area contributed by atoms with Gasteiger partial charge in [0, 0.05) is 0 Å². The van der Waals surface area contributed by atoms with E-state index in [1.807, 2.05) is 6.33 Å². The summed E-state index contributed by atoms with van der Waals surface area (Å²) in [4.78, 5) is 4.76. The third-order valence-corrected chi connectivity index (χ3v) is 6.62. The summed E-state index contributed by atoms with van der Waals surface area (Å²) in [5, 5.41) is 3.64. The van der Waals surface area contributed by atoms with Crippen LogP contribution in [0.5, 0.6) is 11.5 Å². The molecule has 0 N–H and O–H groups in total. The average Bonchev–Trinajstić information content (AvgIpc) is 3.25. The Bertz CT molecular complexity index is 1270. The molecule has 0 spiro atoms. The molecule has 0 bridgehead atoms. The van der Waals surface area contributed by atoms with E-state index in [4.69, 9.17) is 9.72 Å². The second-order valence-electron chi connectivity index (χ2n) is 8.30. The Morgan fingerprint density at radius 1 is 1.04 bits per heavy atom. The zero-order valence-electron chi connectivity index (χ0n) is 16.3. The van der Waals surface area contributed by atoms with E-state index in [2.05, 4.69) is 61.0 Å². The molecular formula is C25H23N2O+. The largest absolute Gasteiger partial charge is 0.456 e. The van der Waals surface area contributed by atoms with Crippen LogP contribution in [0.4, 0.5) is 0 Å². The van der Waals surface area contributed by atoms with Crippen LogP contribution < -0.4 is 9.30 Å². The zero-order chi connectivity index (χ0) is 18.8. The molecule has 2 heterocycles. The van der Waals surface area contributed by atoms with Crippen LogP contribution in [0, 0.1) is 6.92 Å². The molecule has 1 aliphatic heterocycles. The number of ether oxygens (including phenoxy) is 1. The standard InChI is InChI=1S/C25H23N2O/c1-15-19-10-6-5-9-17(19)12-21-23(15)25-24-20(26-14-27(25)2)11-18(13-22(24)28-21)16-7-3-4-8-16/h5-6,9-14,16H,3-4,7-8H2,1-2H3/q+1. The topological polar surface area (TPSA) is 26.0 Å². The summed E-state index contributed by atoms with van der Waals surface area (Å²) in [5.74, 6) is 2.55. The first-order valence-corrected chi connectivity index (χ1v) is 10.2. The van der Waals surface area contributed by atoms with E-state index < -0.39 is 0 Å². The van der Waals surface area contributed by atoms with Crippen molar-refractivity contribution in [3.63, 3.8) is 0 Å². The number of rotatable bonds is 1. The fraction of sp³-hybridized carbons (Fsp3) is 0.280. The van der Waals surface area contributed by atoms with Crippen molar-refractivity contribution in [1.29, 1.82) is 0 Å². The first kappa shape index (κ1) is 16.1. The summed E-state index contributed by atoms with van der Waals surface area (Å²) in [7, 11) is 2.08. The Labute approximate surface area is 164 Å². The van der Waals surface area contributed by atoms with Gasteiger partial charge in [-0.15, -0.1) is 0 Å². The van der Waals surface area contributed by atoms with Gasteiger partial charge in [-0.2, -0.15) is 0 Å². The first-order valence-electron chi connectivity index (χ1n) is 10.2. The first-order chi connectivity index (χ1) is 13.7. The lowest BCUT2D eigenvalue weighted by atomic mass is 9.90. The fourth-order valence-electron chi connectivity index (χ4n) is 5.21. The smallest absolute Gasteiger partial charge is 0.287 e. The van der Waals surface area contributed by atoms with Crippen LogP contribution in [0.15, 0.2) is 48.8 Å². The SMILES string of the molecule is Cc1c2c(cc3ccccc13)Oc1cc(C3CCCC3)cc3nc[n+](C)c-2c13. The van der Waals surface area contributed by atoms with Crippen molar-refractivity contribution in [2.24, 2.45) is 7.05 Å². The van der Waals surface area contributed by atoms with Gasteiger partial charge in [0.25, 0.3) is 6.33 Å². The van der Waals surface area contributed by atoms with Crippen molar-refractivity contribution in [1.82, 2.24) is 4.98 Å². The van der Waals surface area contributed by atoms with Crippen molar-refractivity contribution in [2.75, 3.05) is 0 Å². The molecule has 1 aromatic heterocycles. The highest BCUT2D eigenvalue weighted by molar-refractivity contribution is 6.04. The molecule has 4 aromatic rings. The molecule has 6 rings (SSSR count). The van der Waals surface area contributed by atoms with Crippen LogP contribution in [-0.2, 0) is 7.05 Å². The predicted octanol–water partition coefficient (Wildman–Crippen LogP) is 5.95. The summed E-state index contributed by atoms with van der Waals surface area (Å²) in [6.07, 6.45) is 7.16. The summed E-state index contributed by atoms with van der Waals surface area (Å²) < 4.78 is 8.68. The number of hydrogen-bond donors (Lipinski definition) is 0. The minimum Gasteiger partial charge on any atom is -0.456 e. The van der Waals surface area contributed by atoms with Gasteiger partial charge in [-0.05, 0) is 70.8 Å². The highest BCUT2D eigenvalue weighted by Crippen LogP contribution is 2.49.